The molecule has 19 heavy (non-hydrogen) atoms. The quantitative estimate of drug-likeness (QED) is 0.825. The van der Waals surface area contributed by atoms with Gasteiger partial charge in [-0.2, -0.15) is 13.2 Å². The second-order valence-electron chi connectivity index (χ2n) is 4.39. The van der Waals surface area contributed by atoms with Crippen molar-refractivity contribution < 1.29 is 23.1 Å². The van der Waals surface area contributed by atoms with Gasteiger partial charge >= 0.3 is 12.2 Å². The fraction of sp³-hybridized carbons (Fsp3) is 0.417. The molecule has 4 nitrogen and oxygen atoms in total. The lowest BCUT2D eigenvalue weighted by atomic mass is 10.2. The lowest BCUT2D eigenvalue weighted by Crippen LogP contribution is -2.33. The minimum Gasteiger partial charge on any atom is -0.391 e. The summed E-state index contributed by atoms with van der Waals surface area (Å²) in [7, 11) is 0. The number of rotatable bonds is 1. The number of hydrogen-bond acceptors (Lipinski definition) is 2. The van der Waals surface area contributed by atoms with Crippen molar-refractivity contribution in [2.75, 3.05) is 18.4 Å². The Hall–Kier alpha value is -1.76. The summed E-state index contributed by atoms with van der Waals surface area (Å²) < 4.78 is 37.0. The summed E-state index contributed by atoms with van der Waals surface area (Å²) in [6.07, 6.45) is -4.40. The number of likely N-dealkylation sites (tertiary alicyclic amines) is 1. The molecule has 2 N–H and O–H groups in total. The van der Waals surface area contributed by atoms with Gasteiger partial charge < -0.3 is 15.3 Å². The van der Waals surface area contributed by atoms with Crippen molar-refractivity contribution in [1.82, 2.24) is 4.90 Å². The Morgan fingerprint density at radius 2 is 1.95 bits per heavy atom. The highest BCUT2D eigenvalue weighted by Gasteiger charge is 2.30. The smallest absolute Gasteiger partial charge is 0.391 e. The predicted octanol–water partition coefficient (Wildman–Crippen LogP) is 2.30. The van der Waals surface area contributed by atoms with E-state index >= 15 is 0 Å². The van der Waals surface area contributed by atoms with Gasteiger partial charge in [0, 0.05) is 18.8 Å². The van der Waals surface area contributed by atoms with Gasteiger partial charge in [0.25, 0.3) is 0 Å². The molecule has 1 aromatic carbocycles. The van der Waals surface area contributed by atoms with Crippen LogP contribution < -0.4 is 5.32 Å². The predicted molar refractivity (Wildman–Crippen MR) is 62.7 cm³/mol. The summed E-state index contributed by atoms with van der Waals surface area (Å²) in [5.41, 5.74) is -0.471. The van der Waals surface area contributed by atoms with E-state index in [-0.39, 0.29) is 6.54 Å². The topological polar surface area (TPSA) is 52.6 Å². The van der Waals surface area contributed by atoms with E-state index in [0.717, 1.165) is 12.1 Å². The average Bonchev–Trinajstić information content (AvgIpc) is 2.75. The van der Waals surface area contributed by atoms with Crippen LogP contribution in [-0.4, -0.2) is 35.2 Å². The first-order chi connectivity index (χ1) is 8.86. The molecule has 2 amide bonds. The van der Waals surface area contributed by atoms with E-state index in [1.807, 2.05) is 0 Å². The van der Waals surface area contributed by atoms with Gasteiger partial charge in [0.2, 0.25) is 0 Å². The molecule has 0 spiro atoms. The SMILES string of the molecule is O=C(Nc1ccc(C(F)(F)F)cc1)N1CCC(O)C1. The van der Waals surface area contributed by atoms with Gasteiger partial charge in [-0.05, 0) is 30.7 Å². The average molecular weight is 274 g/mol. The van der Waals surface area contributed by atoms with E-state index in [2.05, 4.69) is 5.32 Å². The molecule has 1 heterocycles. The Labute approximate surface area is 107 Å². The molecule has 7 heteroatoms. The molecule has 1 unspecified atom stereocenters. The minimum absolute atomic E-state index is 0.243. The number of aliphatic hydroxyl groups is 1. The fourth-order valence-electron chi connectivity index (χ4n) is 1.87. The summed E-state index contributed by atoms with van der Waals surface area (Å²) in [5, 5.41) is 11.8. The molecule has 1 aromatic rings. The number of benzene rings is 1. The number of halogens is 3. The molecular formula is C12H13F3N2O2. The first-order valence-electron chi connectivity index (χ1n) is 5.77. The lowest BCUT2D eigenvalue weighted by molar-refractivity contribution is -0.137. The highest BCUT2D eigenvalue weighted by molar-refractivity contribution is 5.89. The van der Waals surface area contributed by atoms with Crippen molar-refractivity contribution in [3.8, 4) is 0 Å². The Morgan fingerprint density at radius 1 is 1.32 bits per heavy atom. The Kier molecular flexibility index (Phi) is 3.66. The van der Waals surface area contributed by atoms with Gasteiger partial charge in [-0.3, -0.25) is 0 Å². The van der Waals surface area contributed by atoms with Gasteiger partial charge in [0.1, 0.15) is 0 Å². The number of anilines is 1. The van der Waals surface area contributed by atoms with Crippen LogP contribution in [0.2, 0.25) is 0 Å². The third-order valence-electron chi connectivity index (χ3n) is 2.91. The normalized spacial score (nSPS) is 19.6. The summed E-state index contributed by atoms with van der Waals surface area (Å²) >= 11 is 0. The molecule has 1 aliphatic heterocycles. The maximum atomic E-state index is 12.3. The van der Waals surface area contributed by atoms with Crippen LogP contribution in [0.5, 0.6) is 0 Å². The third kappa shape index (κ3) is 3.37. The van der Waals surface area contributed by atoms with Crippen molar-refractivity contribution >= 4 is 11.7 Å². The van der Waals surface area contributed by atoms with E-state index in [1.165, 1.54) is 17.0 Å². The standard InChI is InChI=1S/C12H13F3N2O2/c13-12(14,15)8-1-3-9(4-2-8)16-11(19)17-6-5-10(18)7-17/h1-4,10,18H,5-7H2,(H,16,19). The zero-order valence-corrected chi connectivity index (χ0v) is 9.94. The zero-order valence-electron chi connectivity index (χ0n) is 9.94. The van der Waals surface area contributed by atoms with Gasteiger partial charge in [0.05, 0.1) is 11.7 Å². The van der Waals surface area contributed by atoms with Gasteiger partial charge in [-0.25, -0.2) is 4.79 Å². The van der Waals surface area contributed by atoms with E-state index in [1.54, 1.807) is 0 Å². The first-order valence-corrected chi connectivity index (χ1v) is 5.77. The summed E-state index contributed by atoms with van der Waals surface area (Å²) in [5.74, 6) is 0. The van der Waals surface area contributed by atoms with Crippen LogP contribution >= 0.6 is 0 Å². The largest absolute Gasteiger partial charge is 0.416 e. The van der Waals surface area contributed by atoms with E-state index < -0.39 is 23.9 Å². The maximum absolute atomic E-state index is 12.3. The van der Waals surface area contributed by atoms with Crippen LogP contribution in [0, 0.1) is 0 Å². The molecule has 1 atom stereocenters. The number of carbonyl (C=O) groups is 1. The number of amides is 2. The maximum Gasteiger partial charge on any atom is 0.416 e. The molecule has 1 fully saturated rings. The van der Waals surface area contributed by atoms with Crippen LogP contribution in [0.25, 0.3) is 0 Å². The van der Waals surface area contributed by atoms with Crippen LogP contribution in [0.4, 0.5) is 23.7 Å². The molecule has 1 aliphatic rings. The molecule has 1 saturated heterocycles. The highest BCUT2D eigenvalue weighted by Crippen LogP contribution is 2.29. The Morgan fingerprint density at radius 3 is 2.42 bits per heavy atom. The number of hydrogen-bond donors (Lipinski definition) is 2. The highest BCUT2D eigenvalue weighted by atomic mass is 19.4. The molecule has 104 valence electrons. The number of alkyl halides is 3. The van der Waals surface area contributed by atoms with E-state index in [0.29, 0.717) is 18.7 Å². The third-order valence-corrected chi connectivity index (χ3v) is 2.91. The minimum atomic E-state index is -4.39. The number of nitrogens with zero attached hydrogens (tertiary/aromatic N) is 1. The number of β-amino-alcohol motifs (C(OH)–C–C–N with tert-alkyl or cyclic N) is 1. The number of urea groups is 1. The van der Waals surface area contributed by atoms with Crippen molar-refractivity contribution in [3.63, 3.8) is 0 Å². The molecule has 0 bridgehead atoms. The first kappa shape index (κ1) is 13.7. The number of aliphatic hydroxyl groups excluding tert-OH is 1. The number of nitrogens with one attached hydrogen (secondary N) is 1. The van der Waals surface area contributed by atoms with E-state index in [9.17, 15) is 23.1 Å². The van der Waals surface area contributed by atoms with Gasteiger partial charge in [-0.15, -0.1) is 0 Å². The Bertz CT molecular complexity index is 459. The van der Waals surface area contributed by atoms with Crippen LogP contribution in [0.15, 0.2) is 24.3 Å². The van der Waals surface area contributed by atoms with Gasteiger partial charge in [0.15, 0.2) is 0 Å². The molecule has 0 saturated carbocycles. The van der Waals surface area contributed by atoms with Crippen LogP contribution in [0.3, 0.4) is 0 Å². The summed E-state index contributed by atoms with van der Waals surface area (Å²) in [4.78, 5) is 13.1. The second-order valence-corrected chi connectivity index (χ2v) is 4.39. The molecule has 0 aromatic heterocycles. The molecule has 2 rings (SSSR count). The van der Waals surface area contributed by atoms with Crippen LogP contribution in [-0.2, 0) is 6.18 Å². The zero-order chi connectivity index (χ0) is 14.0. The molecule has 0 radical (unpaired) electrons. The van der Waals surface area contributed by atoms with Crippen molar-refractivity contribution in [1.29, 1.82) is 0 Å². The molecular weight excluding hydrogens is 261 g/mol. The van der Waals surface area contributed by atoms with E-state index in [4.69, 9.17) is 0 Å². The number of carbonyl (C=O) groups excluding carboxylic acids is 1. The van der Waals surface area contributed by atoms with Gasteiger partial charge in [-0.1, -0.05) is 0 Å². The van der Waals surface area contributed by atoms with Crippen molar-refractivity contribution in [2.24, 2.45) is 0 Å². The fourth-order valence-corrected chi connectivity index (χ4v) is 1.87. The monoisotopic (exact) mass is 274 g/mol. The van der Waals surface area contributed by atoms with Crippen molar-refractivity contribution in [2.45, 2.75) is 18.7 Å². The Balaban J connectivity index is 1.98. The van der Waals surface area contributed by atoms with Crippen LogP contribution in [0.1, 0.15) is 12.0 Å². The van der Waals surface area contributed by atoms with Crippen molar-refractivity contribution in [3.05, 3.63) is 29.8 Å². The lowest BCUT2D eigenvalue weighted by Gasteiger charge is -2.16. The molecule has 0 aliphatic carbocycles. The summed E-state index contributed by atoms with van der Waals surface area (Å²) in [6.45, 7) is 0.681. The second kappa shape index (κ2) is 5.08. The summed E-state index contributed by atoms with van der Waals surface area (Å²) in [6, 6.07) is 3.81.